The van der Waals surface area contributed by atoms with Gasteiger partial charge in [0, 0.05) is 24.3 Å². The molecule has 0 spiro atoms. The molecule has 2 heterocycles. The van der Waals surface area contributed by atoms with Crippen LogP contribution in [-0.2, 0) is 0 Å². The van der Waals surface area contributed by atoms with Crippen LogP contribution in [0.25, 0.3) is 0 Å². The number of carbonyl (C=O) groups is 1. The molecule has 1 unspecified atom stereocenters. The number of aliphatic imine (C=N–C) groups is 1. The van der Waals surface area contributed by atoms with E-state index in [1.165, 1.54) is 0 Å². The van der Waals surface area contributed by atoms with E-state index >= 15 is 0 Å². The molecule has 1 N–H and O–H groups in total. The van der Waals surface area contributed by atoms with Crippen LogP contribution in [0.4, 0.5) is 4.79 Å². The summed E-state index contributed by atoms with van der Waals surface area (Å²) in [7, 11) is 0. The van der Waals surface area contributed by atoms with Gasteiger partial charge in [0.25, 0.3) is 0 Å². The molecular weight excluding hydrogens is 154 g/mol. The number of nitrogens with zero attached hydrogens (tertiary/aromatic N) is 2. The van der Waals surface area contributed by atoms with Crippen molar-refractivity contribution < 1.29 is 4.79 Å². The van der Waals surface area contributed by atoms with Crippen LogP contribution in [0.15, 0.2) is 29.2 Å². The fourth-order valence-electron chi connectivity index (χ4n) is 1.28. The summed E-state index contributed by atoms with van der Waals surface area (Å²) in [5.74, 6) is 0. The number of amides is 2. The quantitative estimate of drug-likeness (QED) is 0.565. The van der Waals surface area contributed by atoms with Gasteiger partial charge in [-0.05, 0) is 13.0 Å². The Morgan fingerprint density at radius 3 is 3.33 bits per heavy atom. The highest BCUT2D eigenvalue weighted by molar-refractivity contribution is 5.85. The smallest absolute Gasteiger partial charge is 0.312 e. The maximum atomic E-state index is 11.3. The number of rotatable bonds is 0. The van der Waals surface area contributed by atoms with Gasteiger partial charge in [-0.1, -0.05) is 0 Å². The van der Waals surface area contributed by atoms with E-state index in [0.29, 0.717) is 0 Å². The maximum absolute atomic E-state index is 11.3. The van der Waals surface area contributed by atoms with Crippen LogP contribution in [0.1, 0.15) is 6.92 Å². The Hall–Kier alpha value is -1.58. The summed E-state index contributed by atoms with van der Waals surface area (Å²) < 4.78 is 0. The van der Waals surface area contributed by atoms with Gasteiger partial charge in [-0.3, -0.25) is 9.89 Å². The molecule has 0 saturated heterocycles. The highest BCUT2D eigenvalue weighted by Crippen LogP contribution is 2.12. The third-order valence-electron chi connectivity index (χ3n) is 1.83. The summed E-state index contributed by atoms with van der Waals surface area (Å²) in [6, 6.07) is -0.105. The van der Waals surface area contributed by atoms with Gasteiger partial charge >= 0.3 is 6.03 Å². The molecule has 2 aliphatic rings. The average Bonchev–Trinajstić information content (AvgIpc) is 2.04. The summed E-state index contributed by atoms with van der Waals surface area (Å²) in [5.41, 5.74) is 0.878. The number of fused-ring (bicyclic) bond motifs is 1. The minimum atomic E-state index is -0.0950. The van der Waals surface area contributed by atoms with E-state index in [2.05, 4.69) is 10.3 Å². The first-order valence-corrected chi connectivity index (χ1v) is 3.75. The Bertz CT molecular complexity index is 303. The lowest BCUT2D eigenvalue weighted by Gasteiger charge is -2.30. The van der Waals surface area contributed by atoms with E-state index < -0.39 is 0 Å². The summed E-state index contributed by atoms with van der Waals surface area (Å²) in [6.45, 7) is 1.86. The highest BCUT2D eigenvalue weighted by Gasteiger charge is 2.24. The number of hydrogen-bond donors (Lipinski definition) is 1. The standard InChI is InChI=1S/C8H9N3O/c1-6-4-7-5-9-2-3-11(7)8(12)10-6/h2-5,7H,1H3,(H,10,12). The molecule has 4 heteroatoms. The molecule has 0 aromatic carbocycles. The lowest BCUT2D eigenvalue weighted by molar-refractivity contribution is 0.214. The molecule has 62 valence electrons. The van der Waals surface area contributed by atoms with Crippen LogP contribution in [0.3, 0.4) is 0 Å². The predicted molar refractivity (Wildman–Crippen MR) is 45.5 cm³/mol. The van der Waals surface area contributed by atoms with Crippen molar-refractivity contribution in [1.82, 2.24) is 10.2 Å². The molecule has 0 aromatic heterocycles. The van der Waals surface area contributed by atoms with Gasteiger partial charge in [0.1, 0.15) is 0 Å². The predicted octanol–water partition coefficient (Wildman–Crippen LogP) is 0.840. The molecule has 0 aromatic rings. The van der Waals surface area contributed by atoms with Crippen LogP contribution in [0.5, 0.6) is 0 Å². The van der Waals surface area contributed by atoms with Crippen LogP contribution in [-0.4, -0.2) is 23.2 Å². The first-order chi connectivity index (χ1) is 5.77. The van der Waals surface area contributed by atoms with E-state index in [9.17, 15) is 4.79 Å². The number of carbonyl (C=O) groups excluding carboxylic acids is 1. The zero-order chi connectivity index (χ0) is 8.55. The second-order valence-electron chi connectivity index (χ2n) is 2.77. The zero-order valence-corrected chi connectivity index (χ0v) is 6.69. The van der Waals surface area contributed by atoms with E-state index in [1.54, 1.807) is 23.5 Å². The van der Waals surface area contributed by atoms with Gasteiger partial charge in [0.2, 0.25) is 0 Å². The van der Waals surface area contributed by atoms with Crippen LogP contribution >= 0.6 is 0 Å². The molecule has 12 heavy (non-hydrogen) atoms. The first-order valence-electron chi connectivity index (χ1n) is 3.75. The largest absolute Gasteiger partial charge is 0.326 e. The van der Waals surface area contributed by atoms with Crippen molar-refractivity contribution in [3.8, 4) is 0 Å². The molecule has 1 atom stereocenters. The topological polar surface area (TPSA) is 44.7 Å². The van der Waals surface area contributed by atoms with Gasteiger partial charge in [-0.2, -0.15) is 0 Å². The fourth-order valence-corrected chi connectivity index (χ4v) is 1.28. The molecule has 0 fully saturated rings. The van der Waals surface area contributed by atoms with Crippen LogP contribution in [0.2, 0.25) is 0 Å². The van der Waals surface area contributed by atoms with E-state index in [0.717, 1.165) is 5.70 Å². The summed E-state index contributed by atoms with van der Waals surface area (Å²) in [4.78, 5) is 16.9. The van der Waals surface area contributed by atoms with Gasteiger partial charge in [0.15, 0.2) is 0 Å². The third kappa shape index (κ3) is 1.01. The van der Waals surface area contributed by atoms with Crippen molar-refractivity contribution in [2.24, 2.45) is 4.99 Å². The number of urea groups is 1. The summed E-state index contributed by atoms with van der Waals surface area (Å²) in [6.07, 6.45) is 6.96. The molecule has 4 nitrogen and oxygen atoms in total. The van der Waals surface area contributed by atoms with Crippen molar-refractivity contribution in [2.45, 2.75) is 13.0 Å². The van der Waals surface area contributed by atoms with Crippen molar-refractivity contribution in [3.63, 3.8) is 0 Å². The van der Waals surface area contributed by atoms with Gasteiger partial charge in [-0.25, -0.2) is 4.79 Å². The lowest BCUT2D eigenvalue weighted by Crippen LogP contribution is -2.47. The number of allylic oxidation sites excluding steroid dienone is 1. The van der Waals surface area contributed by atoms with Gasteiger partial charge < -0.3 is 5.32 Å². The minimum Gasteiger partial charge on any atom is -0.312 e. The Labute approximate surface area is 70.3 Å². The lowest BCUT2D eigenvalue weighted by atomic mass is 10.2. The van der Waals surface area contributed by atoms with Crippen LogP contribution in [0, 0.1) is 0 Å². The van der Waals surface area contributed by atoms with Gasteiger partial charge in [-0.15, -0.1) is 0 Å². The molecule has 0 bridgehead atoms. The summed E-state index contributed by atoms with van der Waals surface area (Å²) in [5, 5.41) is 2.71. The second kappa shape index (κ2) is 2.48. The van der Waals surface area contributed by atoms with Crippen molar-refractivity contribution in [2.75, 3.05) is 0 Å². The molecular formula is C8H9N3O. The molecule has 2 amide bonds. The average molecular weight is 163 g/mol. The summed E-state index contributed by atoms with van der Waals surface area (Å²) >= 11 is 0. The highest BCUT2D eigenvalue weighted by atomic mass is 16.2. The maximum Gasteiger partial charge on any atom is 0.326 e. The number of hydrogen-bond acceptors (Lipinski definition) is 2. The SMILES string of the molecule is CC1=CC2C=NC=CN2C(=O)N1. The zero-order valence-electron chi connectivity index (χ0n) is 6.69. The first kappa shape index (κ1) is 7.09. The molecule has 2 aliphatic heterocycles. The molecule has 2 rings (SSSR count). The Morgan fingerprint density at radius 2 is 2.50 bits per heavy atom. The van der Waals surface area contributed by atoms with Crippen molar-refractivity contribution >= 4 is 12.2 Å². The third-order valence-corrected chi connectivity index (χ3v) is 1.83. The molecule has 0 radical (unpaired) electrons. The number of nitrogens with one attached hydrogen (secondary N) is 1. The Balaban J connectivity index is 2.34. The van der Waals surface area contributed by atoms with E-state index in [4.69, 9.17) is 0 Å². The van der Waals surface area contributed by atoms with Crippen molar-refractivity contribution in [1.29, 1.82) is 0 Å². The monoisotopic (exact) mass is 163 g/mol. The van der Waals surface area contributed by atoms with E-state index in [1.807, 2.05) is 13.0 Å². The van der Waals surface area contributed by atoms with E-state index in [-0.39, 0.29) is 12.1 Å². The second-order valence-corrected chi connectivity index (χ2v) is 2.77. The normalized spacial score (nSPS) is 26.4. The van der Waals surface area contributed by atoms with Crippen LogP contribution < -0.4 is 5.32 Å². The molecule has 0 aliphatic carbocycles. The fraction of sp³-hybridized carbons (Fsp3) is 0.250. The van der Waals surface area contributed by atoms with Gasteiger partial charge in [0.05, 0.1) is 6.04 Å². The Morgan fingerprint density at radius 1 is 1.67 bits per heavy atom. The Kier molecular flexibility index (Phi) is 1.46. The minimum absolute atomic E-state index is 0.0104. The van der Waals surface area contributed by atoms with Crippen molar-refractivity contribution in [3.05, 3.63) is 24.2 Å². The molecule has 0 saturated carbocycles.